The van der Waals surface area contributed by atoms with Gasteiger partial charge in [0.15, 0.2) is 5.11 Å². The van der Waals surface area contributed by atoms with E-state index in [1.54, 1.807) is 30.3 Å². The lowest BCUT2D eigenvalue weighted by atomic mass is 10.1. The van der Waals surface area contributed by atoms with Crippen LogP contribution in [-0.2, 0) is 0 Å². The molecule has 3 aromatic carbocycles. The highest BCUT2D eigenvalue weighted by atomic mass is 35.5. The van der Waals surface area contributed by atoms with Crippen LogP contribution in [-0.4, -0.2) is 16.1 Å². The number of anilines is 1. The topological polar surface area (TPSA) is 61.4 Å². The number of carbonyl (C=O) groups is 1. The van der Waals surface area contributed by atoms with Gasteiger partial charge in [-0.3, -0.25) is 10.1 Å². The third-order valence-electron chi connectivity index (χ3n) is 4.17. The molecule has 1 amide bonds. The smallest absolute Gasteiger partial charge is 0.269 e. The Balaban J connectivity index is 1.59. The highest BCUT2D eigenvalue weighted by molar-refractivity contribution is 7.80. The second-order valence-corrected chi connectivity index (χ2v) is 8.25. The maximum absolute atomic E-state index is 12.7. The summed E-state index contributed by atoms with van der Waals surface area (Å²) in [4.78, 5) is 13.0. The van der Waals surface area contributed by atoms with Crippen molar-refractivity contribution in [3.63, 3.8) is 0 Å². The zero-order valence-corrected chi connectivity index (χ0v) is 17.3. The number of nitrogens with one attached hydrogen (secondary N) is 2. The van der Waals surface area contributed by atoms with Gasteiger partial charge in [0.05, 0.1) is 10.7 Å². The number of phenolic OH excluding ortho intramolecular Hbond substituents is 1. The van der Waals surface area contributed by atoms with Crippen LogP contribution in [0.25, 0.3) is 20.9 Å². The number of thiophene rings is 1. The molecule has 1 aromatic heterocycles. The second kappa shape index (κ2) is 7.56. The Hall–Kier alpha value is -2.38. The van der Waals surface area contributed by atoms with Crippen molar-refractivity contribution in [2.75, 3.05) is 5.32 Å². The fourth-order valence-electron chi connectivity index (χ4n) is 2.88. The molecule has 0 atom stereocenters. The maximum atomic E-state index is 12.7. The highest BCUT2D eigenvalue weighted by Gasteiger charge is 2.19. The van der Waals surface area contributed by atoms with Gasteiger partial charge >= 0.3 is 0 Å². The van der Waals surface area contributed by atoms with Crippen LogP contribution >= 0.6 is 46.8 Å². The molecule has 4 aromatic rings. The number of rotatable bonds is 2. The van der Waals surface area contributed by atoms with Crippen LogP contribution in [0.2, 0.25) is 10.0 Å². The van der Waals surface area contributed by atoms with Gasteiger partial charge in [0, 0.05) is 20.5 Å². The molecule has 4 nitrogen and oxygen atoms in total. The zero-order valence-electron chi connectivity index (χ0n) is 14.1. The van der Waals surface area contributed by atoms with Crippen molar-refractivity contribution in [2.24, 2.45) is 0 Å². The van der Waals surface area contributed by atoms with Gasteiger partial charge in [-0.2, -0.15) is 0 Å². The van der Waals surface area contributed by atoms with Crippen LogP contribution < -0.4 is 10.6 Å². The van der Waals surface area contributed by atoms with Crippen LogP contribution in [0.15, 0.2) is 54.6 Å². The van der Waals surface area contributed by atoms with E-state index >= 15 is 0 Å². The average Bonchev–Trinajstić information content (AvgIpc) is 3.00. The average molecular weight is 447 g/mol. The molecule has 0 aliphatic heterocycles. The van der Waals surface area contributed by atoms with Gasteiger partial charge in [0.2, 0.25) is 0 Å². The number of aromatic hydroxyl groups is 1. The minimum atomic E-state index is -0.431. The van der Waals surface area contributed by atoms with Crippen molar-refractivity contribution in [2.45, 2.75) is 0 Å². The molecule has 0 aliphatic carbocycles. The number of halogens is 2. The molecule has 3 N–H and O–H groups in total. The minimum absolute atomic E-state index is 0.0323. The SMILES string of the molecule is O=C(NC(=S)Nc1c(O)ccc2ccccc12)c1sc2cc(Cl)ccc2c1Cl. The summed E-state index contributed by atoms with van der Waals surface area (Å²) in [6, 6.07) is 16.2. The van der Waals surface area contributed by atoms with E-state index < -0.39 is 5.91 Å². The lowest BCUT2D eigenvalue weighted by Gasteiger charge is -2.13. The Morgan fingerprint density at radius 2 is 1.82 bits per heavy atom. The number of thiocarbonyl (C=S) groups is 1. The fraction of sp³-hybridized carbons (Fsp3) is 0. The summed E-state index contributed by atoms with van der Waals surface area (Å²) in [5.41, 5.74) is 0.428. The molecule has 1 heterocycles. The largest absolute Gasteiger partial charge is 0.506 e. The first kappa shape index (κ1) is 19.0. The molecule has 4 rings (SSSR count). The number of carbonyl (C=O) groups excluding carboxylic acids is 1. The number of benzene rings is 3. The van der Waals surface area contributed by atoms with Crippen molar-refractivity contribution < 1.29 is 9.90 Å². The zero-order chi connectivity index (χ0) is 19.8. The van der Waals surface area contributed by atoms with Crippen LogP contribution in [0.1, 0.15) is 9.67 Å². The molecule has 0 fully saturated rings. The molecule has 0 radical (unpaired) electrons. The molecule has 140 valence electrons. The van der Waals surface area contributed by atoms with E-state index in [0.717, 1.165) is 20.9 Å². The second-order valence-electron chi connectivity index (χ2n) is 5.97. The van der Waals surface area contributed by atoms with E-state index in [4.69, 9.17) is 35.4 Å². The van der Waals surface area contributed by atoms with E-state index in [2.05, 4.69) is 10.6 Å². The summed E-state index contributed by atoms with van der Waals surface area (Å²) in [5.74, 6) is -0.399. The Morgan fingerprint density at radius 3 is 2.64 bits per heavy atom. The van der Waals surface area contributed by atoms with Crippen molar-refractivity contribution >= 4 is 84.3 Å². The summed E-state index contributed by atoms with van der Waals surface area (Å²) in [6.07, 6.45) is 0. The third-order valence-corrected chi connectivity index (χ3v) is 6.27. The summed E-state index contributed by atoms with van der Waals surface area (Å²) < 4.78 is 0.813. The van der Waals surface area contributed by atoms with Crippen LogP contribution in [0.4, 0.5) is 5.69 Å². The number of hydrogen-bond acceptors (Lipinski definition) is 4. The van der Waals surface area contributed by atoms with Crippen molar-refractivity contribution in [1.82, 2.24) is 5.32 Å². The highest BCUT2D eigenvalue weighted by Crippen LogP contribution is 2.37. The fourth-order valence-corrected chi connectivity index (χ4v) is 4.76. The lowest BCUT2D eigenvalue weighted by molar-refractivity contribution is 0.0982. The Kier molecular flexibility index (Phi) is 5.12. The molecule has 0 saturated carbocycles. The van der Waals surface area contributed by atoms with E-state index in [9.17, 15) is 9.90 Å². The quantitative estimate of drug-likeness (QED) is 0.253. The summed E-state index contributed by atoms with van der Waals surface area (Å²) >= 11 is 18.9. The van der Waals surface area contributed by atoms with E-state index in [0.29, 0.717) is 20.6 Å². The van der Waals surface area contributed by atoms with Crippen molar-refractivity contribution in [3.05, 3.63) is 69.5 Å². The van der Waals surface area contributed by atoms with Gasteiger partial charge in [0.1, 0.15) is 10.6 Å². The standard InChI is InChI=1S/C20H12Cl2N2O2S2/c21-11-6-7-13-15(9-11)28-18(16(13)22)19(26)24-20(27)23-17-12-4-2-1-3-10(12)5-8-14(17)25/h1-9,25H,(H2,23,24,26,27). The Morgan fingerprint density at radius 1 is 1.04 bits per heavy atom. The normalized spacial score (nSPS) is 10.9. The number of phenols is 1. The lowest BCUT2D eigenvalue weighted by Crippen LogP contribution is -2.33. The number of hydrogen-bond donors (Lipinski definition) is 3. The number of amides is 1. The van der Waals surface area contributed by atoms with Crippen LogP contribution in [0.5, 0.6) is 5.75 Å². The first-order chi connectivity index (χ1) is 13.4. The van der Waals surface area contributed by atoms with Crippen molar-refractivity contribution in [3.8, 4) is 5.75 Å². The molecule has 28 heavy (non-hydrogen) atoms. The van der Waals surface area contributed by atoms with Crippen molar-refractivity contribution in [1.29, 1.82) is 0 Å². The van der Waals surface area contributed by atoms with Gasteiger partial charge in [0.25, 0.3) is 5.91 Å². The third kappa shape index (κ3) is 3.52. The Bertz CT molecular complexity index is 1250. The number of fused-ring (bicyclic) bond motifs is 2. The molecular formula is C20H12Cl2N2O2S2. The van der Waals surface area contributed by atoms with E-state index in [1.165, 1.54) is 11.3 Å². The maximum Gasteiger partial charge on any atom is 0.269 e. The molecule has 0 spiro atoms. The van der Waals surface area contributed by atoms with Gasteiger partial charge in [-0.05, 0) is 35.8 Å². The van der Waals surface area contributed by atoms with Gasteiger partial charge in [-0.25, -0.2) is 0 Å². The first-order valence-corrected chi connectivity index (χ1v) is 10.1. The predicted octanol–water partition coefficient (Wildman–Crippen LogP) is 6.19. The molecule has 0 unspecified atom stereocenters. The molecule has 0 bridgehead atoms. The van der Waals surface area contributed by atoms with Gasteiger partial charge in [-0.15, -0.1) is 11.3 Å². The monoisotopic (exact) mass is 446 g/mol. The molecular weight excluding hydrogens is 435 g/mol. The summed E-state index contributed by atoms with van der Waals surface area (Å²) in [7, 11) is 0. The van der Waals surface area contributed by atoms with E-state index in [1.807, 2.05) is 24.3 Å². The molecule has 0 aliphatic rings. The predicted molar refractivity (Wildman–Crippen MR) is 121 cm³/mol. The first-order valence-electron chi connectivity index (χ1n) is 8.14. The minimum Gasteiger partial charge on any atom is -0.506 e. The summed E-state index contributed by atoms with van der Waals surface area (Å²) in [5, 5.41) is 19.2. The van der Waals surface area contributed by atoms with Gasteiger partial charge < -0.3 is 10.4 Å². The van der Waals surface area contributed by atoms with Crippen LogP contribution in [0.3, 0.4) is 0 Å². The molecule has 0 saturated heterocycles. The van der Waals surface area contributed by atoms with Crippen LogP contribution in [0, 0.1) is 0 Å². The molecule has 8 heteroatoms. The van der Waals surface area contributed by atoms with E-state index in [-0.39, 0.29) is 10.9 Å². The van der Waals surface area contributed by atoms with Gasteiger partial charge in [-0.1, -0.05) is 59.6 Å². The summed E-state index contributed by atoms with van der Waals surface area (Å²) in [6.45, 7) is 0. The Labute approximate surface area is 179 Å².